The first-order valence-corrected chi connectivity index (χ1v) is 10.8. The number of amides is 1. The smallest absolute Gasteiger partial charge is 0.264 e. The summed E-state index contributed by atoms with van der Waals surface area (Å²) in [6.07, 6.45) is 0. The van der Waals surface area contributed by atoms with E-state index in [-0.39, 0.29) is 11.4 Å². The van der Waals surface area contributed by atoms with Gasteiger partial charge in [-0.2, -0.15) is 0 Å². The Morgan fingerprint density at radius 3 is 2.28 bits per heavy atom. The molecular weight excluding hydrogens is 408 g/mol. The highest BCUT2D eigenvalue weighted by Gasteiger charge is 2.28. The van der Waals surface area contributed by atoms with Crippen LogP contribution in [0.2, 0.25) is 5.02 Å². The molecule has 150 valence electrons. The summed E-state index contributed by atoms with van der Waals surface area (Å²) in [4.78, 5) is 12.9. The lowest BCUT2D eigenvalue weighted by molar-refractivity contribution is -0.114. The van der Waals surface area contributed by atoms with Crippen LogP contribution in [0.25, 0.3) is 0 Å². The number of sulfonamides is 1. The van der Waals surface area contributed by atoms with Crippen molar-refractivity contribution in [3.63, 3.8) is 0 Å². The van der Waals surface area contributed by atoms with Crippen molar-refractivity contribution < 1.29 is 13.2 Å². The second-order valence-corrected chi connectivity index (χ2v) is 8.92. The monoisotopic (exact) mass is 428 g/mol. The number of rotatable bonds is 6. The molecule has 3 rings (SSSR count). The van der Waals surface area contributed by atoms with Crippen LogP contribution in [0.5, 0.6) is 0 Å². The minimum atomic E-state index is -3.98. The van der Waals surface area contributed by atoms with Crippen molar-refractivity contribution in [2.24, 2.45) is 0 Å². The summed E-state index contributed by atoms with van der Waals surface area (Å²) in [6.45, 7) is 3.26. The van der Waals surface area contributed by atoms with Gasteiger partial charge in [-0.3, -0.25) is 9.10 Å². The number of halogens is 1. The van der Waals surface area contributed by atoms with Crippen molar-refractivity contribution in [2.75, 3.05) is 16.2 Å². The predicted octanol–water partition coefficient (Wildman–Crippen LogP) is 4.79. The van der Waals surface area contributed by atoms with Crippen LogP contribution in [0.1, 0.15) is 11.1 Å². The maximum Gasteiger partial charge on any atom is 0.264 e. The van der Waals surface area contributed by atoms with Gasteiger partial charge in [0.15, 0.2) is 0 Å². The standard InChI is InChI=1S/C22H21ClN2O3S/c1-16-8-6-7-11-20(16)24-22(26)15-25(21-14-18(23)13-12-17(21)2)29(27,28)19-9-4-3-5-10-19/h3-14H,15H2,1-2H3,(H,24,26). The number of carbonyl (C=O) groups excluding carboxylic acids is 1. The summed E-state index contributed by atoms with van der Waals surface area (Å²) in [6, 6.07) is 20.3. The molecule has 1 amide bonds. The highest BCUT2D eigenvalue weighted by atomic mass is 35.5. The Morgan fingerprint density at radius 2 is 1.59 bits per heavy atom. The van der Waals surface area contributed by atoms with Crippen molar-refractivity contribution in [3.8, 4) is 0 Å². The Morgan fingerprint density at radius 1 is 0.931 bits per heavy atom. The molecule has 0 atom stereocenters. The van der Waals surface area contributed by atoms with Gasteiger partial charge in [0.05, 0.1) is 10.6 Å². The number of para-hydroxylation sites is 1. The first-order chi connectivity index (χ1) is 13.8. The van der Waals surface area contributed by atoms with Crippen LogP contribution in [0.3, 0.4) is 0 Å². The van der Waals surface area contributed by atoms with Gasteiger partial charge >= 0.3 is 0 Å². The normalized spacial score (nSPS) is 11.1. The van der Waals surface area contributed by atoms with E-state index in [1.165, 1.54) is 12.1 Å². The molecule has 1 N–H and O–H groups in total. The molecule has 0 saturated heterocycles. The zero-order valence-electron chi connectivity index (χ0n) is 16.1. The highest BCUT2D eigenvalue weighted by Crippen LogP contribution is 2.29. The minimum Gasteiger partial charge on any atom is -0.324 e. The third-order valence-corrected chi connectivity index (χ3v) is 6.49. The Labute approximate surface area is 176 Å². The molecule has 0 unspecified atom stereocenters. The molecular formula is C22H21ClN2O3S. The summed E-state index contributed by atoms with van der Waals surface area (Å²) < 4.78 is 27.8. The van der Waals surface area contributed by atoms with Crippen molar-refractivity contribution in [2.45, 2.75) is 18.7 Å². The topological polar surface area (TPSA) is 66.5 Å². The average Bonchev–Trinajstić information content (AvgIpc) is 2.70. The Bertz CT molecular complexity index is 1130. The third-order valence-electron chi connectivity index (χ3n) is 4.48. The average molecular weight is 429 g/mol. The molecule has 0 radical (unpaired) electrons. The summed E-state index contributed by atoms with van der Waals surface area (Å²) in [5.41, 5.74) is 2.58. The van der Waals surface area contributed by atoms with Crippen LogP contribution < -0.4 is 9.62 Å². The van der Waals surface area contributed by atoms with E-state index < -0.39 is 15.9 Å². The molecule has 0 aliphatic carbocycles. The fourth-order valence-electron chi connectivity index (χ4n) is 2.90. The van der Waals surface area contributed by atoms with Crippen molar-refractivity contribution in [1.82, 2.24) is 0 Å². The minimum absolute atomic E-state index is 0.100. The van der Waals surface area contributed by atoms with Crippen molar-refractivity contribution >= 4 is 38.9 Å². The zero-order chi connectivity index (χ0) is 21.0. The van der Waals surface area contributed by atoms with Gasteiger partial charge in [0.25, 0.3) is 10.0 Å². The lowest BCUT2D eigenvalue weighted by atomic mass is 10.2. The fraction of sp³-hybridized carbons (Fsp3) is 0.136. The van der Waals surface area contributed by atoms with E-state index in [1.54, 1.807) is 49.4 Å². The second kappa shape index (κ2) is 8.68. The molecule has 0 fully saturated rings. The lowest BCUT2D eigenvalue weighted by Gasteiger charge is -2.26. The zero-order valence-corrected chi connectivity index (χ0v) is 17.7. The molecule has 3 aromatic carbocycles. The number of hydrogen-bond donors (Lipinski definition) is 1. The fourth-order valence-corrected chi connectivity index (χ4v) is 4.57. The number of nitrogens with zero attached hydrogens (tertiary/aromatic N) is 1. The lowest BCUT2D eigenvalue weighted by Crippen LogP contribution is -2.38. The summed E-state index contributed by atoms with van der Waals surface area (Å²) in [5.74, 6) is -0.446. The Kier molecular flexibility index (Phi) is 6.25. The number of hydrogen-bond acceptors (Lipinski definition) is 3. The molecule has 0 aromatic heterocycles. The molecule has 29 heavy (non-hydrogen) atoms. The molecule has 5 nitrogen and oxygen atoms in total. The van der Waals surface area contributed by atoms with E-state index in [1.807, 2.05) is 25.1 Å². The van der Waals surface area contributed by atoms with E-state index in [0.29, 0.717) is 22.0 Å². The number of benzene rings is 3. The van der Waals surface area contributed by atoms with Gasteiger partial charge in [-0.05, 0) is 55.3 Å². The van der Waals surface area contributed by atoms with Crippen LogP contribution in [-0.2, 0) is 14.8 Å². The third kappa shape index (κ3) is 4.78. The van der Waals surface area contributed by atoms with Crippen LogP contribution in [-0.4, -0.2) is 20.9 Å². The van der Waals surface area contributed by atoms with Crippen LogP contribution in [0.4, 0.5) is 11.4 Å². The highest BCUT2D eigenvalue weighted by molar-refractivity contribution is 7.92. The molecule has 0 aliphatic rings. The number of nitrogens with one attached hydrogen (secondary N) is 1. The Hall–Kier alpha value is -2.83. The quantitative estimate of drug-likeness (QED) is 0.613. The maximum absolute atomic E-state index is 13.4. The van der Waals surface area contributed by atoms with E-state index in [4.69, 9.17) is 11.6 Å². The van der Waals surface area contributed by atoms with Crippen molar-refractivity contribution in [3.05, 3.63) is 88.9 Å². The molecule has 0 spiro atoms. The van der Waals surface area contributed by atoms with Gasteiger partial charge in [-0.1, -0.05) is 54.1 Å². The molecule has 0 saturated carbocycles. The molecule has 3 aromatic rings. The van der Waals surface area contributed by atoms with Gasteiger partial charge in [-0.25, -0.2) is 8.42 Å². The predicted molar refractivity (Wildman–Crippen MR) is 117 cm³/mol. The molecule has 0 bridgehead atoms. The maximum atomic E-state index is 13.4. The largest absolute Gasteiger partial charge is 0.324 e. The van der Waals surface area contributed by atoms with Gasteiger partial charge in [0.2, 0.25) is 5.91 Å². The second-order valence-electron chi connectivity index (χ2n) is 6.62. The van der Waals surface area contributed by atoms with Crippen molar-refractivity contribution in [1.29, 1.82) is 0 Å². The Balaban J connectivity index is 2.00. The SMILES string of the molecule is Cc1ccccc1NC(=O)CN(c1cc(Cl)ccc1C)S(=O)(=O)c1ccccc1. The summed E-state index contributed by atoms with van der Waals surface area (Å²) >= 11 is 6.12. The van der Waals surface area contributed by atoms with E-state index in [9.17, 15) is 13.2 Å². The number of anilines is 2. The summed E-state index contributed by atoms with van der Waals surface area (Å²) in [5, 5.41) is 3.18. The number of carbonyl (C=O) groups is 1. The van der Waals surface area contributed by atoms with E-state index in [0.717, 1.165) is 9.87 Å². The first-order valence-electron chi connectivity index (χ1n) is 8.98. The first kappa shape index (κ1) is 20.9. The van der Waals surface area contributed by atoms with Gasteiger partial charge in [0.1, 0.15) is 6.54 Å². The molecule has 7 heteroatoms. The number of aryl methyl sites for hydroxylation is 2. The van der Waals surface area contributed by atoms with Crippen LogP contribution in [0.15, 0.2) is 77.7 Å². The van der Waals surface area contributed by atoms with Gasteiger partial charge in [-0.15, -0.1) is 0 Å². The van der Waals surface area contributed by atoms with Crippen LogP contribution >= 0.6 is 11.6 Å². The van der Waals surface area contributed by atoms with Gasteiger partial charge in [0, 0.05) is 10.7 Å². The van der Waals surface area contributed by atoms with E-state index >= 15 is 0 Å². The summed E-state index contributed by atoms with van der Waals surface area (Å²) in [7, 11) is -3.98. The molecule has 0 heterocycles. The van der Waals surface area contributed by atoms with E-state index in [2.05, 4.69) is 5.32 Å². The van der Waals surface area contributed by atoms with Crippen LogP contribution in [0, 0.1) is 13.8 Å². The van der Waals surface area contributed by atoms with Gasteiger partial charge < -0.3 is 5.32 Å². The molecule has 0 aliphatic heterocycles.